The Bertz CT molecular complexity index is 705. The number of methoxy groups -OCH3 is 1. The lowest BCUT2D eigenvalue weighted by atomic mass is 10.0. The summed E-state index contributed by atoms with van der Waals surface area (Å²) in [6.07, 6.45) is 0.779. The highest BCUT2D eigenvalue weighted by atomic mass is 32.2. The zero-order valence-electron chi connectivity index (χ0n) is 13.8. The van der Waals surface area contributed by atoms with Crippen LogP contribution in [0.25, 0.3) is 0 Å². The Hall–Kier alpha value is -2.22. The number of esters is 1. The van der Waals surface area contributed by atoms with Crippen molar-refractivity contribution >= 4 is 17.0 Å². The Labute approximate surface area is 149 Å². The number of ether oxygens (including phenoxy) is 2. The Morgan fingerprint density at radius 1 is 1.16 bits per heavy atom. The number of carbonyl (C=O) groups excluding carboxylic acids is 1. The molecule has 2 rings (SSSR count). The van der Waals surface area contributed by atoms with Crippen LogP contribution in [-0.2, 0) is 27.0 Å². The minimum atomic E-state index is -2.68. The second kappa shape index (κ2) is 9.31. The van der Waals surface area contributed by atoms with Crippen molar-refractivity contribution in [3.8, 4) is 5.75 Å². The van der Waals surface area contributed by atoms with Gasteiger partial charge in [0.15, 0.2) is 0 Å². The number of benzene rings is 2. The number of hydrogen-bond donors (Lipinski definition) is 1. The third-order valence-corrected chi connectivity index (χ3v) is 4.63. The topological polar surface area (TPSA) is 102 Å². The van der Waals surface area contributed by atoms with E-state index in [1.807, 2.05) is 30.3 Å². The average Bonchev–Trinajstić information content (AvgIpc) is 2.62. The van der Waals surface area contributed by atoms with Gasteiger partial charge in [0.05, 0.1) is 19.8 Å². The maximum absolute atomic E-state index is 11.6. The first-order valence-corrected chi connectivity index (χ1v) is 8.85. The predicted molar refractivity (Wildman–Crippen MR) is 93.7 cm³/mol. The molecule has 0 fully saturated rings. The number of carbonyl (C=O) groups is 1. The molecule has 0 saturated carbocycles. The molecular formula is C18H20NO5S-. The van der Waals surface area contributed by atoms with Crippen molar-refractivity contribution in [2.75, 3.05) is 13.7 Å². The molecule has 0 aliphatic carbocycles. The molecule has 0 aliphatic rings. The predicted octanol–water partition coefficient (Wildman–Crippen LogP) is 1.73. The highest BCUT2D eigenvalue weighted by molar-refractivity contribution is 7.80. The first-order valence-electron chi connectivity index (χ1n) is 7.71. The SMILES string of the molecule is COC(=O)C(C(N)c1ccc(OCCc2ccccc2)cc1)S(=O)[O-]. The molecule has 2 N–H and O–H groups in total. The third-order valence-electron chi connectivity index (χ3n) is 3.73. The second-order valence-electron chi connectivity index (χ2n) is 5.38. The van der Waals surface area contributed by atoms with E-state index in [0.29, 0.717) is 17.9 Å². The summed E-state index contributed by atoms with van der Waals surface area (Å²) in [7, 11) is 1.12. The van der Waals surface area contributed by atoms with Gasteiger partial charge in [-0.1, -0.05) is 42.5 Å². The molecule has 0 saturated heterocycles. The van der Waals surface area contributed by atoms with Crippen molar-refractivity contribution in [2.24, 2.45) is 5.73 Å². The summed E-state index contributed by atoms with van der Waals surface area (Å²) in [6, 6.07) is 15.6. The van der Waals surface area contributed by atoms with E-state index in [4.69, 9.17) is 10.5 Å². The van der Waals surface area contributed by atoms with Gasteiger partial charge in [-0.2, -0.15) is 0 Å². The summed E-state index contributed by atoms with van der Waals surface area (Å²) >= 11 is -2.68. The van der Waals surface area contributed by atoms with Gasteiger partial charge in [0.25, 0.3) is 0 Å². The molecule has 0 aliphatic heterocycles. The van der Waals surface area contributed by atoms with Crippen molar-refractivity contribution < 1.29 is 23.0 Å². The Kier molecular flexibility index (Phi) is 7.12. The molecule has 3 atom stereocenters. The molecule has 6 nitrogen and oxygen atoms in total. The van der Waals surface area contributed by atoms with Gasteiger partial charge >= 0.3 is 5.97 Å². The van der Waals surface area contributed by atoms with Crippen LogP contribution in [0.3, 0.4) is 0 Å². The largest absolute Gasteiger partial charge is 0.772 e. The fourth-order valence-electron chi connectivity index (χ4n) is 2.35. The van der Waals surface area contributed by atoms with E-state index in [1.54, 1.807) is 24.3 Å². The lowest BCUT2D eigenvalue weighted by Crippen LogP contribution is -2.38. The first-order chi connectivity index (χ1) is 12.0. The van der Waals surface area contributed by atoms with E-state index in [9.17, 15) is 13.6 Å². The maximum atomic E-state index is 11.6. The molecule has 0 heterocycles. The lowest BCUT2D eigenvalue weighted by Gasteiger charge is -2.24. The molecular weight excluding hydrogens is 342 g/mol. The molecule has 0 amide bonds. The minimum absolute atomic E-state index is 0.509. The molecule has 2 aromatic rings. The van der Waals surface area contributed by atoms with Crippen molar-refractivity contribution in [3.63, 3.8) is 0 Å². The molecule has 25 heavy (non-hydrogen) atoms. The van der Waals surface area contributed by atoms with Gasteiger partial charge in [-0.25, -0.2) is 0 Å². The summed E-state index contributed by atoms with van der Waals surface area (Å²) in [5, 5.41) is -1.45. The summed E-state index contributed by atoms with van der Waals surface area (Å²) in [5.74, 6) is -0.242. The molecule has 0 radical (unpaired) electrons. The van der Waals surface area contributed by atoms with E-state index in [0.717, 1.165) is 13.5 Å². The molecule has 7 heteroatoms. The lowest BCUT2D eigenvalue weighted by molar-refractivity contribution is -0.140. The first kappa shape index (κ1) is 19.1. The summed E-state index contributed by atoms with van der Waals surface area (Å²) in [4.78, 5) is 11.6. The normalized spacial score (nSPS) is 14.4. The fourth-order valence-corrected chi connectivity index (χ4v) is 3.00. The highest BCUT2D eigenvalue weighted by Gasteiger charge is 2.28. The maximum Gasteiger partial charge on any atom is 0.322 e. The monoisotopic (exact) mass is 362 g/mol. The van der Waals surface area contributed by atoms with Gasteiger partial charge in [0, 0.05) is 6.42 Å². The highest BCUT2D eigenvalue weighted by Crippen LogP contribution is 2.22. The van der Waals surface area contributed by atoms with Crippen LogP contribution < -0.4 is 10.5 Å². The Morgan fingerprint density at radius 3 is 2.36 bits per heavy atom. The van der Waals surface area contributed by atoms with Gasteiger partial charge in [-0.05, 0) is 34.3 Å². The molecule has 0 bridgehead atoms. The van der Waals surface area contributed by atoms with Crippen molar-refractivity contribution in [3.05, 3.63) is 65.7 Å². The molecule has 3 unspecified atom stereocenters. The number of rotatable bonds is 8. The Balaban J connectivity index is 1.96. The van der Waals surface area contributed by atoms with Gasteiger partial charge in [-0.3, -0.25) is 9.00 Å². The fraction of sp³-hybridized carbons (Fsp3) is 0.278. The Morgan fingerprint density at radius 2 is 1.80 bits per heavy atom. The molecule has 0 spiro atoms. The summed E-state index contributed by atoms with van der Waals surface area (Å²) in [5.41, 5.74) is 7.60. The molecule has 134 valence electrons. The van der Waals surface area contributed by atoms with Crippen LogP contribution in [0, 0.1) is 0 Å². The quantitative estimate of drug-likeness (QED) is 0.567. The summed E-state index contributed by atoms with van der Waals surface area (Å²) in [6.45, 7) is 0.519. The van der Waals surface area contributed by atoms with E-state index < -0.39 is 28.3 Å². The van der Waals surface area contributed by atoms with E-state index in [1.165, 1.54) is 5.56 Å². The van der Waals surface area contributed by atoms with Gasteiger partial charge in [-0.15, -0.1) is 0 Å². The van der Waals surface area contributed by atoms with Crippen molar-refractivity contribution in [1.29, 1.82) is 0 Å². The van der Waals surface area contributed by atoms with Crippen LogP contribution in [0.4, 0.5) is 0 Å². The smallest absolute Gasteiger partial charge is 0.322 e. The van der Waals surface area contributed by atoms with Gasteiger partial charge in [0.1, 0.15) is 11.0 Å². The van der Waals surface area contributed by atoms with Crippen LogP contribution >= 0.6 is 0 Å². The average molecular weight is 362 g/mol. The number of hydrogen-bond acceptors (Lipinski definition) is 6. The molecule has 2 aromatic carbocycles. The van der Waals surface area contributed by atoms with Gasteiger partial charge in [0.2, 0.25) is 0 Å². The van der Waals surface area contributed by atoms with Gasteiger partial charge < -0.3 is 19.8 Å². The van der Waals surface area contributed by atoms with Crippen LogP contribution in [0.15, 0.2) is 54.6 Å². The van der Waals surface area contributed by atoms with E-state index >= 15 is 0 Å². The van der Waals surface area contributed by atoms with Crippen LogP contribution in [0.1, 0.15) is 17.2 Å². The summed E-state index contributed by atoms with van der Waals surface area (Å²) < 4.78 is 32.7. The van der Waals surface area contributed by atoms with Crippen molar-refractivity contribution in [1.82, 2.24) is 0 Å². The molecule has 0 aromatic heterocycles. The van der Waals surface area contributed by atoms with Crippen molar-refractivity contribution in [2.45, 2.75) is 17.7 Å². The minimum Gasteiger partial charge on any atom is -0.772 e. The van der Waals surface area contributed by atoms with Crippen LogP contribution in [0.5, 0.6) is 5.75 Å². The zero-order chi connectivity index (χ0) is 18.2. The van der Waals surface area contributed by atoms with E-state index in [-0.39, 0.29) is 0 Å². The van der Waals surface area contributed by atoms with E-state index in [2.05, 4.69) is 4.74 Å². The zero-order valence-corrected chi connectivity index (χ0v) is 14.6. The van der Waals surface area contributed by atoms with Crippen LogP contribution in [0.2, 0.25) is 0 Å². The third kappa shape index (κ3) is 5.38. The standard InChI is InChI=1S/C18H21NO5S/c1-23-18(20)17(25(21)22)16(19)14-7-9-15(10-8-14)24-12-11-13-5-3-2-4-6-13/h2-10,16-17H,11-12,19H2,1H3,(H,21,22)/p-1. The van der Waals surface area contributed by atoms with Crippen LogP contribution in [-0.4, -0.2) is 33.7 Å². The number of nitrogens with two attached hydrogens (primary N) is 1. The second-order valence-corrected chi connectivity index (χ2v) is 6.41.